The van der Waals surface area contributed by atoms with Gasteiger partial charge in [0.25, 0.3) is 0 Å². The third kappa shape index (κ3) is 4.12. The van der Waals surface area contributed by atoms with Gasteiger partial charge in [-0.1, -0.05) is 30.3 Å². The van der Waals surface area contributed by atoms with Crippen molar-refractivity contribution in [2.75, 3.05) is 11.9 Å². The molecule has 1 aromatic heterocycles. The van der Waals surface area contributed by atoms with Crippen LogP contribution in [0.2, 0.25) is 0 Å². The number of aromatic hydroxyl groups is 1. The number of carboxylic acid groups (broad SMARTS) is 1. The Morgan fingerprint density at radius 1 is 1.04 bits per heavy atom. The first-order valence-electron chi connectivity index (χ1n) is 8.71. The molecule has 0 spiro atoms. The van der Waals surface area contributed by atoms with Gasteiger partial charge >= 0.3 is 12.1 Å². The third-order valence-corrected chi connectivity index (χ3v) is 4.19. The molecular weight excluding hydrogens is 360 g/mol. The molecule has 5 N–H and O–H groups in total. The van der Waals surface area contributed by atoms with Crippen molar-refractivity contribution in [3.63, 3.8) is 0 Å². The zero-order chi connectivity index (χ0) is 20.1. The molecule has 8 nitrogen and oxygen atoms in total. The highest BCUT2D eigenvalue weighted by molar-refractivity contribution is 6.01. The van der Waals surface area contributed by atoms with Gasteiger partial charge in [0.2, 0.25) is 0 Å². The second-order valence-corrected chi connectivity index (χ2v) is 6.05. The van der Waals surface area contributed by atoms with Crippen molar-refractivity contribution in [3.8, 4) is 16.9 Å². The number of hydrogen-bond acceptors (Lipinski definition) is 4. The number of rotatable bonds is 5. The fourth-order valence-corrected chi connectivity index (χ4v) is 2.95. The van der Waals surface area contributed by atoms with E-state index >= 15 is 0 Å². The maximum Gasteiger partial charge on any atom is 0.404 e. The van der Waals surface area contributed by atoms with Gasteiger partial charge < -0.3 is 20.8 Å². The summed E-state index contributed by atoms with van der Waals surface area (Å²) in [6.45, 7) is 2.40. The second kappa shape index (κ2) is 8.26. The van der Waals surface area contributed by atoms with E-state index in [2.05, 4.69) is 20.9 Å². The Kier molecular flexibility index (Phi) is 5.59. The number of aromatic nitrogens is 1. The molecule has 1 heterocycles. The predicted molar refractivity (Wildman–Crippen MR) is 106 cm³/mol. The van der Waals surface area contributed by atoms with E-state index < -0.39 is 6.09 Å². The lowest BCUT2D eigenvalue weighted by Crippen LogP contribution is -2.28. The van der Waals surface area contributed by atoms with Crippen LogP contribution in [-0.4, -0.2) is 33.9 Å². The molecule has 0 aliphatic heterocycles. The minimum atomic E-state index is -1.12. The van der Waals surface area contributed by atoms with Gasteiger partial charge in [-0.15, -0.1) is 0 Å². The number of benzene rings is 2. The van der Waals surface area contributed by atoms with Gasteiger partial charge in [0.05, 0.1) is 0 Å². The van der Waals surface area contributed by atoms with E-state index in [1.807, 2.05) is 19.1 Å². The highest BCUT2D eigenvalue weighted by Crippen LogP contribution is 2.36. The summed E-state index contributed by atoms with van der Waals surface area (Å²) in [6, 6.07) is 11.9. The number of fused-ring (bicyclic) bond motifs is 1. The van der Waals surface area contributed by atoms with Crippen molar-refractivity contribution < 1.29 is 19.8 Å². The normalized spacial score (nSPS) is 10.5. The van der Waals surface area contributed by atoms with Crippen molar-refractivity contribution in [3.05, 3.63) is 54.2 Å². The Morgan fingerprint density at radius 3 is 2.54 bits per heavy atom. The first-order valence-corrected chi connectivity index (χ1v) is 8.71. The van der Waals surface area contributed by atoms with Gasteiger partial charge in [-0.05, 0) is 35.6 Å². The number of urea groups is 1. The first kappa shape index (κ1) is 19.0. The molecule has 0 radical (unpaired) electrons. The van der Waals surface area contributed by atoms with Crippen molar-refractivity contribution in [2.45, 2.75) is 13.5 Å². The van der Waals surface area contributed by atoms with E-state index in [0.717, 1.165) is 21.9 Å². The number of anilines is 1. The quantitative estimate of drug-likeness (QED) is 0.463. The Bertz CT molecular complexity index is 1040. The lowest BCUT2D eigenvalue weighted by molar-refractivity contribution is 0.194. The Labute approximate surface area is 161 Å². The Hall–Kier alpha value is -3.81. The molecule has 144 valence electrons. The van der Waals surface area contributed by atoms with Crippen LogP contribution in [0.3, 0.4) is 0 Å². The summed E-state index contributed by atoms with van der Waals surface area (Å²) in [7, 11) is 0. The standard InChI is InChI=1S/C20H20N4O4/c1-2-21-19(26)24-18-9-15-13(14-5-3-4-6-17(14)25)8-7-12(10-23-20(27)28)16(15)11-22-18/h3-9,11,23,25H,2,10H2,1H3,(H,27,28)(H2,21,22,24,26). The lowest BCUT2D eigenvalue weighted by atomic mass is 9.95. The van der Waals surface area contributed by atoms with Gasteiger partial charge in [0.1, 0.15) is 11.6 Å². The molecule has 0 unspecified atom stereocenters. The molecule has 0 aliphatic rings. The summed E-state index contributed by atoms with van der Waals surface area (Å²) in [4.78, 5) is 27.0. The number of phenols is 1. The molecule has 0 bridgehead atoms. The smallest absolute Gasteiger partial charge is 0.404 e. The number of amides is 3. The van der Waals surface area contributed by atoms with Crippen LogP contribution >= 0.6 is 0 Å². The van der Waals surface area contributed by atoms with E-state index in [1.165, 1.54) is 0 Å². The van der Waals surface area contributed by atoms with Crippen LogP contribution in [0.5, 0.6) is 5.75 Å². The average Bonchev–Trinajstić information content (AvgIpc) is 2.66. The molecule has 0 aliphatic carbocycles. The predicted octanol–water partition coefficient (Wildman–Crippen LogP) is 3.52. The molecule has 3 rings (SSSR count). The molecule has 0 atom stereocenters. The minimum Gasteiger partial charge on any atom is -0.507 e. The number of pyridine rings is 1. The van der Waals surface area contributed by atoms with E-state index in [1.54, 1.807) is 36.5 Å². The number of nitrogens with one attached hydrogen (secondary N) is 3. The zero-order valence-electron chi connectivity index (χ0n) is 15.2. The van der Waals surface area contributed by atoms with Crippen LogP contribution < -0.4 is 16.0 Å². The number of carbonyl (C=O) groups excluding carboxylic acids is 1. The molecule has 3 amide bonds. The molecular formula is C20H20N4O4. The number of para-hydroxylation sites is 1. The van der Waals surface area contributed by atoms with Crippen LogP contribution in [-0.2, 0) is 6.54 Å². The van der Waals surface area contributed by atoms with Crippen molar-refractivity contribution in [2.24, 2.45) is 0 Å². The highest BCUT2D eigenvalue weighted by Gasteiger charge is 2.13. The van der Waals surface area contributed by atoms with Crippen LogP contribution in [0.4, 0.5) is 15.4 Å². The van der Waals surface area contributed by atoms with E-state index in [0.29, 0.717) is 17.9 Å². The number of nitrogens with zero attached hydrogens (tertiary/aromatic N) is 1. The zero-order valence-corrected chi connectivity index (χ0v) is 15.2. The number of carbonyl (C=O) groups is 2. The Morgan fingerprint density at radius 2 is 1.82 bits per heavy atom. The molecule has 0 fully saturated rings. The summed E-state index contributed by atoms with van der Waals surface area (Å²) in [5, 5.41) is 28.3. The van der Waals surface area contributed by atoms with Gasteiger partial charge in [0, 0.05) is 30.2 Å². The van der Waals surface area contributed by atoms with Gasteiger partial charge in [-0.3, -0.25) is 5.32 Å². The molecule has 2 aromatic carbocycles. The maximum absolute atomic E-state index is 11.8. The largest absolute Gasteiger partial charge is 0.507 e. The molecule has 3 aromatic rings. The third-order valence-electron chi connectivity index (χ3n) is 4.19. The van der Waals surface area contributed by atoms with Gasteiger partial charge in [-0.2, -0.15) is 0 Å². The molecule has 0 saturated heterocycles. The van der Waals surface area contributed by atoms with Crippen LogP contribution in [0.25, 0.3) is 21.9 Å². The summed E-state index contributed by atoms with van der Waals surface area (Å²) in [5.41, 5.74) is 2.10. The topological polar surface area (TPSA) is 124 Å². The summed E-state index contributed by atoms with van der Waals surface area (Å²) in [6.07, 6.45) is 0.458. The monoisotopic (exact) mass is 380 g/mol. The van der Waals surface area contributed by atoms with E-state index in [9.17, 15) is 14.7 Å². The highest BCUT2D eigenvalue weighted by atomic mass is 16.4. The Balaban J connectivity index is 2.13. The van der Waals surface area contributed by atoms with E-state index in [-0.39, 0.29) is 18.3 Å². The molecule has 8 heteroatoms. The lowest BCUT2D eigenvalue weighted by Gasteiger charge is -2.14. The average molecular weight is 380 g/mol. The summed E-state index contributed by atoms with van der Waals surface area (Å²) >= 11 is 0. The second-order valence-electron chi connectivity index (χ2n) is 6.05. The fraction of sp³-hybridized carbons (Fsp3) is 0.150. The number of hydrogen-bond donors (Lipinski definition) is 5. The summed E-state index contributed by atoms with van der Waals surface area (Å²) < 4.78 is 0. The number of phenolic OH excluding ortho intramolecular Hbond substituents is 1. The van der Waals surface area contributed by atoms with Gasteiger partial charge in [0.15, 0.2) is 0 Å². The van der Waals surface area contributed by atoms with Crippen LogP contribution in [0.15, 0.2) is 48.7 Å². The minimum absolute atomic E-state index is 0.109. The SMILES string of the molecule is CCNC(=O)Nc1cc2c(-c3ccccc3O)ccc(CNC(=O)O)c2cn1. The molecule has 28 heavy (non-hydrogen) atoms. The summed E-state index contributed by atoms with van der Waals surface area (Å²) in [5.74, 6) is 0.466. The fourth-order valence-electron chi connectivity index (χ4n) is 2.95. The van der Waals surface area contributed by atoms with Crippen molar-refractivity contribution in [1.29, 1.82) is 0 Å². The van der Waals surface area contributed by atoms with Crippen LogP contribution in [0.1, 0.15) is 12.5 Å². The molecule has 0 saturated carbocycles. The van der Waals surface area contributed by atoms with Crippen LogP contribution in [0, 0.1) is 0 Å². The van der Waals surface area contributed by atoms with Gasteiger partial charge in [-0.25, -0.2) is 14.6 Å². The van der Waals surface area contributed by atoms with Crippen molar-refractivity contribution in [1.82, 2.24) is 15.6 Å². The first-order chi connectivity index (χ1) is 13.5. The van der Waals surface area contributed by atoms with Crippen molar-refractivity contribution >= 4 is 28.7 Å². The maximum atomic E-state index is 11.8. The van der Waals surface area contributed by atoms with E-state index in [4.69, 9.17) is 5.11 Å².